The molecule has 112 valence electrons. The lowest BCUT2D eigenvalue weighted by Crippen LogP contribution is -2.35. The highest BCUT2D eigenvalue weighted by Gasteiger charge is 2.10. The summed E-state index contributed by atoms with van der Waals surface area (Å²) >= 11 is 3.40. The van der Waals surface area contributed by atoms with E-state index >= 15 is 0 Å². The molecule has 0 fully saturated rings. The molecule has 0 aliphatic rings. The first-order valence-electron chi connectivity index (χ1n) is 6.99. The van der Waals surface area contributed by atoms with Gasteiger partial charge in [-0.2, -0.15) is 0 Å². The van der Waals surface area contributed by atoms with Gasteiger partial charge in [0.15, 0.2) is 0 Å². The van der Waals surface area contributed by atoms with Crippen LogP contribution in [0.2, 0.25) is 0 Å². The summed E-state index contributed by atoms with van der Waals surface area (Å²) in [6.07, 6.45) is 3.47. The van der Waals surface area contributed by atoms with Gasteiger partial charge in [0.05, 0.1) is 6.20 Å². The molecule has 2 aromatic rings. The van der Waals surface area contributed by atoms with E-state index in [1.54, 1.807) is 12.4 Å². The molecule has 0 radical (unpaired) electrons. The van der Waals surface area contributed by atoms with Gasteiger partial charge in [-0.1, -0.05) is 24.3 Å². The van der Waals surface area contributed by atoms with Gasteiger partial charge in [-0.15, -0.1) is 0 Å². The van der Waals surface area contributed by atoms with Crippen LogP contribution in [0.25, 0.3) is 0 Å². The van der Waals surface area contributed by atoms with Crippen molar-refractivity contribution in [3.05, 3.63) is 58.3 Å². The molecule has 1 aromatic heterocycles. The highest BCUT2D eigenvalue weighted by Crippen LogP contribution is 2.18. The first-order chi connectivity index (χ1) is 9.94. The third-order valence-corrected chi connectivity index (χ3v) is 3.44. The predicted molar refractivity (Wildman–Crippen MR) is 89.3 cm³/mol. The lowest BCUT2D eigenvalue weighted by molar-refractivity contribution is 0.302. The van der Waals surface area contributed by atoms with E-state index in [1.165, 1.54) is 11.1 Å². The molecule has 3 nitrogen and oxygen atoms in total. The van der Waals surface area contributed by atoms with Crippen LogP contribution in [0.15, 0.2) is 47.2 Å². The molecule has 1 heterocycles. The van der Waals surface area contributed by atoms with E-state index in [4.69, 9.17) is 4.74 Å². The van der Waals surface area contributed by atoms with E-state index in [0.29, 0.717) is 6.61 Å². The minimum absolute atomic E-state index is 0.0994. The summed E-state index contributed by atoms with van der Waals surface area (Å²) < 4.78 is 6.74. The Bertz CT molecular complexity index is 593. The fraction of sp³-hybridized carbons (Fsp3) is 0.353. The number of pyridine rings is 1. The zero-order valence-electron chi connectivity index (χ0n) is 12.7. The summed E-state index contributed by atoms with van der Waals surface area (Å²) in [6.45, 7) is 7.87. The molecule has 0 spiro atoms. The second-order valence-electron chi connectivity index (χ2n) is 6.00. The highest BCUT2D eigenvalue weighted by atomic mass is 79.9. The van der Waals surface area contributed by atoms with Crippen LogP contribution in [-0.2, 0) is 13.2 Å². The summed E-state index contributed by atoms with van der Waals surface area (Å²) in [5.41, 5.74) is 2.55. The minimum atomic E-state index is 0.0994. The van der Waals surface area contributed by atoms with Crippen LogP contribution in [0.4, 0.5) is 0 Å². The third-order valence-electron chi connectivity index (χ3n) is 3.00. The van der Waals surface area contributed by atoms with E-state index in [0.717, 1.165) is 16.8 Å². The summed E-state index contributed by atoms with van der Waals surface area (Å²) in [7, 11) is 0. The third kappa shape index (κ3) is 5.48. The average molecular weight is 349 g/mol. The van der Waals surface area contributed by atoms with E-state index in [-0.39, 0.29) is 5.54 Å². The normalized spacial score (nSPS) is 11.4. The van der Waals surface area contributed by atoms with Crippen molar-refractivity contribution < 1.29 is 4.74 Å². The smallest absolute Gasteiger partial charge is 0.139 e. The molecule has 0 aliphatic heterocycles. The average Bonchev–Trinajstić information content (AvgIpc) is 2.43. The standard InChI is InChI=1S/C17H21BrN2O/c1-17(2,3)20-9-13-6-4-5-7-14(13)12-21-16-8-15(18)10-19-11-16/h4-8,10-11,20H,9,12H2,1-3H3. The molecule has 2 rings (SSSR count). The van der Waals surface area contributed by atoms with Crippen molar-refractivity contribution in [1.29, 1.82) is 0 Å². The number of halogens is 1. The maximum Gasteiger partial charge on any atom is 0.139 e. The van der Waals surface area contributed by atoms with Crippen LogP contribution < -0.4 is 10.1 Å². The van der Waals surface area contributed by atoms with Crippen molar-refractivity contribution in [3.63, 3.8) is 0 Å². The van der Waals surface area contributed by atoms with Gasteiger partial charge < -0.3 is 10.1 Å². The zero-order valence-corrected chi connectivity index (χ0v) is 14.3. The van der Waals surface area contributed by atoms with E-state index < -0.39 is 0 Å². The van der Waals surface area contributed by atoms with E-state index in [9.17, 15) is 0 Å². The highest BCUT2D eigenvalue weighted by molar-refractivity contribution is 9.10. The summed E-state index contributed by atoms with van der Waals surface area (Å²) in [5.74, 6) is 0.767. The maximum absolute atomic E-state index is 5.83. The number of aromatic nitrogens is 1. The second-order valence-corrected chi connectivity index (χ2v) is 6.92. The quantitative estimate of drug-likeness (QED) is 0.873. The molecule has 0 bridgehead atoms. The fourth-order valence-electron chi connectivity index (χ4n) is 1.86. The lowest BCUT2D eigenvalue weighted by Gasteiger charge is -2.21. The van der Waals surface area contributed by atoms with Crippen molar-refractivity contribution in [2.75, 3.05) is 0 Å². The topological polar surface area (TPSA) is 34.1 Å². The van der Waals surface area contributed by atoms with Crippen LogP contribution in [0, 0.1) is 0 Å². The Labute approximate surface area is 134 Å². The first-order valence-corrected chi connectivity index (χ1v) is 7.78. The fourth-order valence-corrected chi connectivity index (χ4v) is 2.21. The van der Waals surface area contributed by atoms with Crippen LogP contribution in [0.1, 0.15) is 31.9 Å². The van der Waals surface area contributed by atoms with Gasteiger partial charge in [0.2, 0.25) is 0 Å². The molecular weight excluding hydrogens is 328 g/mol. The van der Waals surface area contributed by atoms with Gasteiger partial charge in [0.25, 0.3) is 0 Å². The van der Waals surface area contributed by atoms with Gasteiger partial charge in [0, 0.05) is 22.8 Å². The molecule has 0 amide bonds. The molecule has 0 saturated carbocycles. The van der Waals surface area contributed by atoms with Gasteiger partial charge in [-0.25, -0.2) is 0 Å². The van der Waals surface area contributed by atoms with Gasteiger partial charge in [-0.05, 0) is 53.9 Å². The number of hydrogen-bond donors (Lipinski definition) is 1. The van der Waals surface area contributed by atoms with Gasteiger partial charge in [0.1, 0.15) is 12.4 Å². The van der Waals surface area contributed by atoms with Gasteiger partial charge in [-0.3, -0.25) is 4.98 Å². The van der Waals surface area contributed by atoms with Crippen LogP contribution in [-0.4, -0.2) is 10.5 Å². The molecule has 0 unspecified atom stereocenters. The van der Waals surface area contributed by atoms with Crippen LogP contribution >= 0.6 is 15.9 Å². The van der Waals surface area contributed by atoms with Crippen molar-refractivity contribution in [2.45, 2.75) is 39.5 Å². The Hall–Kier alpha value is -1.39. The number of ether oxygens (including phenoxy) is 1. The molecule has 0 aliphatic carbocycles. The number of nitrogens with one attached hydrogen (secondary N) is 1. The Kier molecular flexibility index (Phi) is 5.37. The van der Waals surface area contributed by atoms with Crippen molar-refractivity contribution in [2.24, 2.45) is 0 Å². The summed E-state index contributed by atoms with van der Waals surface area (Å²) in [4.78, 5) is 4.10. The second kappa shape index (κ2) is 7.05. The number of rotatable bonds is 5. The van der Waals surface area contributed by atoms with E-state index in [1.807, 2.05) is 12.1 Å². The largest absolute Gasteiger partial charge is 0.487 e. The Balaban J connectivity index is 2.03. The van der Waals surface area contributed by atoms with Crippen LogP contribution in [0.5, 0.6) is 5.75 Å². The van der Waals surface area contributed by atoms with Crippen molar-refractivity contribution in [1.82, 2.24) is 10.3 Å². The monoisotopic (exact) mass is 348 g/mol. The SMILES string of the molecule is CC(C)(C)NCc1ccccc1COc1cncc(Br)c1. The van der Waals surface area contributed by atoms with Crippen LogP contribution in [0.3, 0.4) is 0 Å². The van der Waals surface area contributed by atoms with Crippen molar-refractivity contribution in [3.8, 4) is 5.75 Å². The molecule has 4 heteroatoms. The molecular formula is C17H21BrN2O. The Morgan fingerprint density at radius 3 is 2.52 bits per heavy atom. The number of nitrogens with zero attached hydrogens (tertiary/aromatic N) is 1. The Morgan fingerprint density at radius 1 is 1.14 bits per heavy atom. The molecule has 1 aromatic carbocycles. The van der Waals surface area contributed by atoms with Gasteiger partial charge >= 0.3 is 0 Å². The summed E-state index contributed by atoms with van der Waals surface area (Å²) in [6, 6.07) is 10.3. The summed E-state index contributed by atoms with van der Waals surface area (Å²) in [5, 5.41) is 3.51. The first kappa shape index (κ1) is 16.0. The Morgan fingerprint density at radius 2 is 1.86 bits per heavy atom. The lowest BCUT2D eigenvalue weighted by atomic mass is 10.1. The predicted octanol–water partition coefficient (Wildman–Crippen LogP) is 4.31. The molecule has 1 N–H and O–H groups in total. The number of hydrogen-bond acceptors (Lipinski definition) is 3. The minimum Gasteiger partial charge on any atom is -0.487 e. The zero-order chi connectivity index (χ0) is 15.3. The molecule has 21 heavy (non-hydrogen) atoms. The van der Waals surface area contributed by atoms with Crippen molar-refractivity contribution >= 4 is 15.9 Å². The maximum atomic E-state index is 5.83. The van der Waals surface area contributed by atoms with E-state index in [2.05, 4.69) is 65.2 Å². The molecule has 0 atom stereocenters. The number of benzene rings is 1. The molecule has 0 saturated heterocycles.